The van der Waals surface area contributed by atoms with Crippen LogP contribution in [0.1, 0.15) is 24.2 Å². The van der Waals surface area contributed by atoms with Gasteiger partial charge in [0.05, 0.1) is 29.8 Å². The molecule has 6 nitrogen and oxygen atoms in total. The van der Waals surface area contributed by atoms with Crippen molar-refractivity contribution in [3.8, 4) is 11.5 Å². The standard InChI is InChI=1S/C27H25N5O/c1-2-6-25-24(5-1)30-26(31-25)18-32(22-11-12-23-21(16-22)4-3-13-28-23)17-19-7-9-20(10-8-19)27-29-14-15-33-27/h1-10,13-16,22-23H,11-12,17-18H2,(H,30,31). The number of aliphatic imine (C=N–C) groups is 1. The first-order chi connectivity index (χ1) is 16.3. The first kappa shape index (κ1) is 19.9. The van der Waals surface area contributed by atoms with Crippen LogP contribution in [0.25, 0.3) is 22.5 Å². The third kappa shape index (κ3) is 4.17. The molecule has 0 amide bonds. The second kappa shape index (κ2) is 8.64. The summed E-state index contributed by atoms with van der Waals surface area (Å²) >= 11 is 0. The summed E-state index contributed by atoms with van der Waals surface area (Å²) < 4.78 is 5.43. The molecule has 6 heteroatoms. The Morgan fingerprint density at radius 3 is 2.79 bits per heavy atom. The van der Waals surface area contributed by atoms with Crippen molar-refractivity contribution in [1.29, 1.82) is 0 Å². The second-order valence-corrected chi connectivity index (χ2v) is 8.62. The molecule has 33 heavy (non-hydrogen) atoms. The number of hydrogen-bond acceptors (Lipinski definition) is 5. The van der Waals surface area contributed by atoms with Gasteiger partial charge in [0, 0.05) is 24.4 Å². The summed E-state index contributed by atoms with van der Waals surface area (Å²) in [6.45, 7) is 1.58. The van der Waals surface area contributed by atoms with Gasteiger partial charge in [-0.2, -0.15) is 0 Å². The SMILES string of the molecule is C1=CC2=CC(N(Cc3ccc(-c4ncco4)cc3)Cc3nc4ccccc4[nH]3)CCC2N=C1. The Morgan fingerprint density at radius 2 is 1.94 bits per heavy atom. The highest BCUT2D eigenvalue weighted by atomic mass is 16.3. The molecule has 3 heterocycles. The van der Waals surface area contributed by atoms with E-state index in [1.807, 2.05) is 24.4 Å². The van der Waals surface area contributed by atoms with E-state index in [9.17, 15) is 0 Å². The topological polar surface area (TPSA) is 70.3 Å². The van der Waals surface area contributed by atoms with Crippen LogP contribution >= 0.6 is 0 Å². The molecule has 164 valence electrons. The van der Waals surface area contributed by atoms with Gasteiger partial charge in [0.1, 0.15) is 12.1 Å². The van der Waals surface area contributed by atoms with Crippen LogP contribution < -0.4 is 0 Å². The van der Waals surface area contributed by atoms with E-state index >= 15 is 0 Å². The van der Waals surface area contributed by atoms with E-state index in [0.29, 0.717) is 18.0 Å². The molecule has 1 aliphatic carbocycles. The maximum atomic E-state index is 5.43. The number of aromatic nitrogens is 3. The van der Waals surface area contributed by atoms with Crippen molar-refractivity contribution in [2.45, 2.75) is 38.0 Å². The number of nitrogens with one attached hydrogen (secondary N) is 1. The zero-order valence-electron chi connectivity index (χ0n) is 18.3. The number of benzene rings is 2. The van der Waals surface area contributed by atoms with Crippen LogP contribution in [0.2, 0.25) is 0 Å². The largest absolute Gasteiger partial charge is 0.445 e. The van der Waals surface area contributed by atoms with Crippen LogP contribution in [-0.2, 0) is 13.1 Å². The Kier molecular flexibility index (Phi) is 5.20. The summed E-state index contributed by atoms with van der Waals surface area (Å²) in [7, 11) is 0. The number of aromatic amines is 1. The van der Waals surface area contributed by atoms with Gasteiger partial charge in [-0.25, -0.2) is 9.97 Å². The Morgan fingerprint density at radius 1 is 1.03 bits per heavy atom. The Labute approximate surface area is 192 Å². The lowest BCUT2D eigenvalue weighted by atomic mass is 9.89. The molecule has 0 fully saturated rings. The van der Waals surface area contributed by atoms with E-state index in [-0.39, 0.29) is 0 Å². The lowest BCUT2D eigenvalue weighted by molar-refractivity contribution is 0.188. The minimum atomic E-state index is 0.305. The van der Waals surface area contributed by atoms with Crippen molar-refractivity contribution >= 4 is 17.2 Å². The molecular formula is C27H25N5O. The summed E-state index contributed by atoms with van der Waals surface area (Å²) in [6, 6.07) is 17.3. The van der Waals surface area contributed by atoms with Crippen LogP contribution in [-0.4, -0.2) is 38.2 Å². The summed E-state index contributed by atoms with van der Waals surface area (Å²) in [5, 5.41) is 0. The number of allylic oxidation sites excluding steroid dienone is 1. The Balaban J connectivity index is 1.28. The zero-order valence-corrected chi connectivity index (χ0v) is 18.3. The summed E-state index contributed by atoms with van der Waals surface area (Å²) in [5.74, 6) is 1.64. The predicted octanol–water partition coefficient (Wildman–Crippen LogP) is 5.32. The number of rotatable bonds is 6. The molecule has 4 aromatic rings. The van der Waals surface area contributed by atoms with E-state index in [2.05, 4.69) is 68.4 Å². The number of oxazole rings is 1. The predicted molar refractivity (Wildman–Crippen MR) is 130 cm³/mol. The van der Waals surface area contributed by atoms with E-state index in [4.69, 9.17) is 9.40 Å². The van der Waals surface area contributed by atoms with E-state index < -0.39 is 0 Å². The number of nitrogens with zero attached hydrogens (tertiary/aromatic N) is 4. The van der Waals surface area contributed by atoms with Crippen molar-refractivity contribution in [3.05, 3.63) is 96.2 Å². The van der Waals surface area contributed by atoms with Crippen LogP contribution in [0.3, 0.4) is 0 Å². The Hall–Kier alpha value is -3.77. The second-order valence-electron chi connectivity index (χ2n) is 8.62. The molecule has 2 aromatic heterocycles. The molecule has 1 aliphatic heterocycles. The highest BCUT2D eigenvalue weighted by molar-refractivity contribution is 5.75. The van der Waals surface area contributed by atoms with Crippen LogP contribution in [0.15, 0.2) is 94.2 Å². The molecule has 0 saturated heterocycles. The fourth-order valence-corrected chi connectivity index (χ4v) is 4.75. The maximum Gasteiger partial charge on any atom is 0.225 e. The molecule has 2 unspecified atom stereocenters. The number of hydrogen-bond donors (Lipinski definition) is 1. The van der Waals surface area contributed by atoms with Crippen LogP contribution in [0.4, 0.5) is 0 Å². The van der Waals surface area contributed by atoms with E-state index in [1.165, 1.54) is 11.1 Å². The lowest BCUT2D eigenvalue weighted by Crippen LogP contribution is -2.37. The minimum Gasteiger partial charge on any atom is -0.445 e. The smallest absolute Gasteiger partial charge is 0.225 e. The molecule has 0 bridgehead atoms. The fourth-order valence-electron chi connectivity index (χ4n) is 4.75. The highest BCUT2D eigenvalue weighted by Gasteiger charge is 2.27. The molecule has 2 aromatic carbocycles. The molecule has 1 N–H and O–H groups in total. The quantitative estimate of drug-likeness (QED) is 0.445. The number of H-pyrrole nitrogens is 1. The van der Waals surface area contributed by atoms with Gasteiger partial charge in [0.15, 0.2) is 0 Å². The summed E-state index contributed by atoms with van der Waals surface area (Å²) in [4.78, 5) is 19.7. The van der Waals surface area contributed by atoms with Crippen LogP contribution in [0.5, 0.6) is 0 Å². The third-order valence-corrected chi connectivity index (χ3v) is 6.43. The maximum absolute atomic E-state index is 5.43. The normalized spacial score (nSPS) is 19.7. The minimum absolute atomic E-state index is 0.305. The molecule has 0 spiro atoms. The number of para-hydroxylation sites is 2. The molecule has 6 rings (SSSR count). The number of imidazole rings is 1. The van der Waals surface area contributed by atoms with Gasteiger partial charge in [-0.05, 0) is 54.3 Å². The van der Waals surface area contributed by atoms with E-state index in [1.54, 1.807) is 12.5 Å². The van der Waals surface area contributed by atoms with Crippen molar-refractivity contribution in [1.82, 2.24) is 19.9 Å². The first-order valence-corrected chi connectivity index (χ1v) is 11.4. The van der Waals surface area contributed by atoms with Crippen molar-refractivity contribution in [3.63, 3.8) is 0 Å². The van der Waals surface area contributed by atoms with Crippen molar-refractivity contribution in [2.75, 3.05) is 0 Å². The van der Waals surface area contributed by atoms with E-state index in [0.717, 1.165) is 48.4 Å². The van der Waals surface area contributed by atoms with Gasteiger partial charge in [-0.3, -0.25) is 9.89 Å². The van der Waals surface area contributed by atoms with Gasteiger partial charge in [-0.1, -0.05) is 36.4 Å². The zero-order chi connectivity index (χ0) is 22.0. The monoisotopic (exact) mass is 435 g/mol. The van der Waals surface area contributed by atoms with Gasteiger partial charge in [0.2, 0.25) is 5.89 Å². The van der Waals surface area contributed by atoms with Gasteiger partial charge < -0.3 is 9.40 Å². The van der Waals surface area contributed by atoms with Gasteiger partial charge in [0.25, 0.3) is 0 Å². The van der Waals surface area contributed by atoms with Crippen molar-refractivity contribution in [2.24, 2.45) is 4.99 Å². The first-order valence-electron chi connectivity index (χ1n) is 11.4. The van der Waals surface area contributed by atoms with Gasteiger partial charge >= 0.3 is 0 Å². The number of fused-ring (bicyclic) bond motifs is 2. The molecule has 0 radical (unpaired) electrons. The molecule has 0 saturated carbocycles. The summed E-state index contributed by atoms with van der Waals surface area (Å²) in [5.41, 5.74) is 5.64. The highest BCUT2D eigenvalue weighted by Crippen LogP contribution is 2.29. The number of dihydropyridines is 1. The van der Waals surface area contributed by atoms with Crippen molar-refractivity contribution < 1.29 is 4.42 Å². The Bertz CT molecular complexity index is 1300. The molecular weight excluding hydrogens is 410 g/mol. The third-order valence-electron chi connectivity index (χ3n) is 6.43. The average molecular weight is 436 g/mol. The average Bonchev–Trinajstić information content (AvgIpc) is 3.54. The fraction of sp³-hybridized carbons (Fsp3) is 0.222. The van der Waals surface area contributed by atoms with Crippen LogP contribution in [0, 0.1) is 0 Å². The van der Waals surface area contributed by atoms with Gasteiger partial charge in [-0.15, -0.1) is 0 Å². The molecule has 2 atom stereocenters. The lowest BCUT2D eigenvalue weighted by Gasteiger charge is -2.34. The summed E-state index contributed by atoms with van der Waals surface area (Å²) in [6.07, 6.45) is 14.0. The molecule has 2 aliphatic rings.